The van der Waals surface area contributed by atoms with Gasteiger partial charge in [0, 0.05) is 7.05 Å². The van der Waals surface area contributed by atoms with Crippen LogP contribution in [-0.2, 0) is 0 Å². The van der Waals surface area contributed by atoms with Crippen molar-refractivity contribution in [3.8, 4) is 5.75 Å². The predicted molar refractivity (Wildman–Crippen MR) is 60.5 cm³/mol. The van der Waals surface area contributed by atoms with Gasteiger partial charge in [-0.25, -0.2) is 0 Å². The van der Waals surface area contributed by atoms with E-state index in [0.717, 1.165) is 5.56 Å². The number of nitrogens with one attached hydrogen (secondary N) is 1. The van der Waals surface area contributed by atoms with E-state index >= 15 is 0 Å². The normalized spacial score (nSPS) is 10.2. The van der Waals surface area contributed by atoms with Crippen molar-refractivity contribution in [3.63, 3.8) is 0 Å². The van der Waals surface area contributed by atoms with Gasteiger partial charge in [0.25, 0.3) is 5.91 Å². The number of rotatable bonds is 3. The minimum Gasteiger partial charge on any atom is -0.496 e. The van der Waals surface area contributed by atoms with Crippen LogP contribution in [0.4, 0.5) is 0 Å². The van der Waals surface area contributed by atoms with Crippen LogP contribution >= 0.6 is 0 Å². The minimum absolute atomic E-state index is 0.116. The van der Waals surface area contributed by atoms with Gasteiger partial charge >= 0.3 is 0 Å². The fourth-order valence-electron chi connectivity index (χ4n) is 1.40. The van der Waals surface area contributed by atoms with Crippen LogP contribution in [0.25, 0.3) is 0 Å². The molecule has 0 atom stereocenters. The number of hydrogen-bond donors (Lipinski definition) is 1. The Balaban J connectivity index is 3.19. The van der Waals surface area contributed by atoms with Crippen LogP contribution in [0.15, 0.2) is 18.2 Å². The Morgan fingerprint density at radius 1 is 1.40 bits per heavy atom. The molecular weight excluding hydrogens is 190 g/mol. The maximum Gasteiger partial charge on any atom is 0.254 e. The summed E-state index contributed by atoms with van der Waals surface area (Å²) in [5, 5.41) is 2.60. The lowest BCUT2D eigenvalue weighted by molar-refractivity contribution is 0.0960. The molecule has 0 spiro atoms. The van der Waals surface area contributed by atoms with Gasteiger partial charge < -0.3 is 10.1 Å². The molecule has 0 aliphatic carbocycles. The minimum atomic E-state index is -0.116. The molecule has 0 unspecified atom stereocenters. The van der Waals surface area contributed by atoms with E-state index in [-0.39, 0.29) is 5.91 Å². The Morgan fingerprint density at radius 3 is 2.53 bits per heavy atom. The van der Waals surface area contributed by atoms with Gasteiger partial charge in [-0.05, 0) is 23.6 Å². The number of hydrogen-bond acceptors (Lipinski definition) is 2. The number of ether oxygens (including phenoxy) is 1. The van der Waals surface area contributed by atoms with Crippen molar-refractivity contribution in [3.05, 3.63) is 29.3 Å². The second kappa shape index (κ2) is 4.82. The maximum absolute atomic E-state index is 11.6. The average molecular weight is 207 g/mol. The van der Waals surface area contributed by atoms with E-state index in [9.17, 15) is 4.79 Å². The highest BCUT2D eigenvalue weighted by molar-refractivity contribution is 5.96. The molecule has 0 radical (unpaired) electrons. The van der Waals surface area contributed by atoms with E-state index < -0.39 is 0 Å². The van der Waals surface area contributed by atoms with Gasteiger partial charge in [0.15, 0.2) is 0 Å². The van der Waals surface area contributed by atoms with Crippen molar-refractivity contribution in [2.24, 2.45) is 0 Å². The molecule has 1 N–H and O–H groups in total. The third kappa shape index (κ3) is 2.49. The highest BCUT2D eigenvalue weighted by atomic mass is 16.5. The molecule has 1 aromatic carbocycles. The van der Waals surface area contributed by atoms with Crippen LogP contribution in [0.5, 0.6) is 5.75 Å². The van der Waals surface area contributed by atoms with Crippen molar-refractivity contribution >= 4 is 5.91 Å². The molecule has 0 heterocycles. The first-order valence-electron chi connectivity index (χ1n) is 5.00. The third-order valence-electron chi connectivity index (χ3n) is 2.36. The number of benzene rings is 1. The van der Waals surface area contributed by atoms with Crippen LogP contribution in [0.3, 0.4) is 0 Å². The van der Waals surface area contributed by atoms with Gasteiger partial charge in [0.05, 0.1) is 12.7 Å². The average Bonchev–Trinajstić information content (AvgIpc) is 2.27. The first kappa shape index (κ1) is 11.6. The molecule has 0 bridgehead atoms. The summed E-state index contributed by atoms with van der Waals surface area (Å²) in [6.07, 6.45) is 0. The van der Waals surface area contributed by atoms with Gasteiger partial charge in [-0.1, -0.05) is 19.9 Å². The molecule has 82 valence electrons. The quantitative estimate of drug-likeness (QED) is 0.825. The molecular formula is C12H17NO2. The van der Waals surface area contributed by atoms with Crippen molar-refractivity contribution in [1.82, 2.24) is 5.32 Å². The lowest BCUT2D eigenvalue weighted by Crippen LogP contribution is -2.19. The first-order valence-corrected chi connectivity index (χ1v) is 5.00. The summed E-state index contributed by atoms with van der Waals surface area (Å²) in [7, 11) is 3.18. The molecule has 0 saturated carbocycles. The summed E-state index contributed by atoms with van der Waals surface area (Å²) in [4.78, 5) is 11.6. The van der Waals surface area contributed by atoms with Crippen molar-refractivity contribution in [1.29, 1.82) is 0 Å². The van der Waals surface area contributed by atoms with Crippen molar-refractivity contribution < 1.29 is 9.53 Å². The zero-order valence-corrected chi connectivity index (χ0v) is 9.63. The van der Waals surface area contributed by atoms with E-state index in [1.165, 1.54) is 0 Å². The standard InChI is InChI=1S/C12H17NO2/c1-8(2)9-5-6-11(15-4)10(7-9)12(14)13-3/h5-8H,1-4H3,(H,13,14). The Labute approximate surface area is 90.4 Å². The second-order valence-electron chi connectivity index (χ2n) is 3.69. The summed E-state index contributed by atoms with van der Waals surface area (Å²) in [6.45, 7) is 4.19. The van der Waals surface area contributed by atoms with E-state index in [0.29, 0.717) is 17.2 Å². The second-order valence-corrected chi connectivity index (χ2v) is 3.69. The predicted octanol–water partition coefficient (Wildman–Crippen LogP) is 2.18. The van der Waals surface area contributed by atoms with Crippen LogP contribution in [0.2, 0.25) is 0 Å². The van der Waals surface area contributed by atoms with Gasteiger partial charge in [0.2, 0.25) is 0 Å². The molecule has 1 amide bonds. The summed E-state index contributed by atoms with van der Waals surface area (Å²) in [5.41, 5.74) is 1.72. The third-order valence-corrected chi connectivity index (χ3v) is 2.36. The molecule has 15 heavy (non-hydrogen) atoms. The Bertz CT molecular complexity index is 359. The summed E-state index contributed by atoms with van der Waals surface area (Å²) in [6, 6.07) is 5.69. The lowest BCUT2D eigenvalue weighted by atomic mass is 10.00. The topological polar surface area (TPSA) is 38.3 Å². The number of carbonyl (C=O) groups excluding carboxylic acids is 1. The molecule has 0 aromatic heterocycles. The van der Waals surface area contributed by atoms with E-state index in [1.807, 2.05) is 18.2 Å². The summed E-state index contributed by atoms with van der Waals surface area (Å²) >= 11 is 0. The molecule has 3 heteroatoms. The van der Waals surface area contributed by atoms with E-state index in [4.69, 9.17) is 4.74 Å². The first-order chi connectivity index (χ1) is 7.10. The number of methoxy groups -OCH3 is 1. The highest BCUT2D eigenvalue weighted by Crippen LogP contribution is 2.23. The summed E-state index contributed by atoms with van der Waals surface area (Å²) < 4.78 is 5.14. The largest absolute Gasteiger partial charge is 0.496 e. The molecule has 1 aromatic rings. The Kier molecular flexibility index (Phi) is 3.72. The molecule has 3 nitrogen and oxygen atoms in total. The molecule has 0 aliphatic rings. The zero-order chi connectivity index (χ0) is 11.4. The number of amides is 1. The monoisotopic (exact) mass is 207 g/mol. The van der Waals surface area contributed by atoms with Gasteiger partial charge in [-0.2, -0.15) is 0 Å². The van der Waals surface area contributed by atoms with Crippen LogP contribution in [0, 0.1) is 0 Å². The van der Waals surface area contributed by atoms with Gasteiger partial charge in [-0.3, -0.25) is 4.79 Å². The van der Waals surface area contributed by atoms with Gasteiger partial charge in [0.1, 0.15) is 5.75 Å². The van der Waals surface area contributed by atoms with Crippen LogP contribution in [0.1, 0.15) is 35.7 Å². The van der Waals surface area contributed by atoms with Crippen molar-refractivity contribution in [2.45, 2.75) is 19.8 Å². The van der Waals surface area contributed by atoms with Crippen molar-refractivity contribution in [2.75, 3.05) is 14.2 Å². The fourth-order valence-corrected chi connectivity index (χ4v) is 1.40. The summed E-state index contributed by atoms with van der Waals surface area (Å²) in [5.74, 6) is 0.896. The molecule has 0 fully saturated rings. The Hall–Kier alpha value is -1.51. The maximum atomic E-state index is 11.6. The Morgan fingerprint density at radius 2 is 2.07 bits per heavy atom. The van der Waals surface area contributed by atoms with Gasteiger partial charge in [-0.15, -0.1) is 0 Å². The zero-order valence-electron chi connectivity index (χ0n) is 9.63. The smallest absolute Gasteiger partial charge is 0.254 e. The van der Waals surface area contributed by atoms with E-state index in [1.54, 1.807) is 14.2 Å². The molecule has 0 aliphatic heterocycles. The van der Waals surface area contributed by atoms with E-state index in [2.05, 4.69) is 19.2 Å². The highest BCUT2D eigenvalue weighted by Gasteiger charge is 2.12. The van der Waals surface area contributed by atoms with Crippen LogP contribution in [-0.4, -0.2) is 20.1 Å². The SMILES string of the molecule is CNC(=O)c1cc(C(C)C)ccc1OC. The molecule has 1 rings (SSSR count). The number of carbonyl (C=O) groups is 1. The lowest BCUT2D eigenvalue weighted by Gasteiger charge is -2.11. The fraction of sp³-hybridized carbons (Fsp3) is 0.417. The molecule has 0 saturated heterocycles. The van der Waals surface area contributed by atoms with Crippen LogP contribution < -0.4 is 10.1 Å².